The van der Waals surface area contributed by atoms with Gasteiger partial charge in [0.1, 0.15) is 0 Å². The molecule has 4 atom stereocenters. The van der Waals surface area contributed by atoms with Crippen LogP contribution in [0.3, 0.4) is 0 Å². The van der Waals surface area contributed by atoms with Gasteiger partial charge in [-0.25, -0.2) is 0 Å². The van der Waals surface area contributed by atoms with E-state index in [1.54, 1.807) is 62.4 Å². The summed E-state index contributed by atoms with van der Waals surface area (Å²) in [5, 5.41) is 5.16. The highest BCUT2D eigenvalue weighted by atomic mass is 16.6. The Labute approximate surface area is 231 Å². The first-order valence-electron chi connectivity index (χ1n) is 12.2. The van der Waals surface area contributed by atoms with Gasteiger partial charge < -0.3 is 29.6 Å². The average Bonchev–Trinajstić information content (AvgIpc) is 2.85. The minimum atomic E-state index is -1.94. The third kappa shape index (κ3) is 9.22. The van der Waals surface area contributed by atoms with E-state index >= 15 is 0 Å². The summed E-state index contributed by atoms with van der Waals surface area (Å²) in [5.41, 5.74) is 2.02. The number of benzene rings is 2. The highest BCUT2D eigenvalue weighted by Crippen LogP contribution is 2.24. The molecule has 2 amide bonds. The maximum atomic E-state index is 13.4. The zero-order valence-electron chi connectivity index (χ0n) is 23.0. The van der Waals surface area contributed by atoms with Crippen molar-refractivity contribution >= 4 is 47.1 Å². The monoisotopic (exact) mass is 556 g/mol. The second kappa shape index (κ2) is 14.4. The molecule has 0 aliphatic heterocycles. The van der Waals surface area contributed by atoms with Crippen LogP contribution in [-0.4, -0.2) is 60.1 Å². The first kappa shape index (κ1) is 31.5. The Morgan fingerprint density at radius 3 is 1.10 bits per heavy atom. The van der Waals surface area contributed by atoms with E-state index in [1.165, 1.54) is 0 Å². The Bertz CT molecular complexity index is 1180. The molecule has 40 heavy (non-hydrogen) atoms. The van der Waals surface area contributed by atoms with Crippen LogP contribution < -0.4 is 10.6 Å². The third-order valence-electron chi connectivity index (χ3n) is 5.43. The summed E-state index contributed by atoms with van der Waals surface area (Å²) in [5.74, 6) is -5.76. The van der Waals surface area contributed by atoms with Crippen LogP contribution in [0.5, 0.6) is 0 Å². The number of esters is 4. The highest BCUT2D eigenvalue weighted by molar-refractivity contribution is 5.98. The van der Waals surface area contributed by atoms with Crippen molar-refractivity contribution in [3.63, 3.8) is 0 Å². The minimum absolute atomic E-state index is 0.351. The van der Waals surface area contributed by atoms with E-state index in [4.69, 9.17) is 18.9 Å². The van der Waals surface area contributed by atoms with Crippen LogP contribution in [0.25, 0.3) is 0 Å². The predicted octanol–water partition coefficient (Wildman–Crippen LogP) is 2.61. The minimum Gasteiger partial charge on any atom is -0.454 e. The molecule has 0 aromatic heterocycles. The molecular formula is C28H32N2O10. The summed E-state index contributed by atoms with van der Waals surface area (Å²) in [6, 6.07) is 13.4. The smallest absolute Gasteiger partial charge is 0.303 e. The highest BCUT2D eigenvalue weighted by Gasteiger charge is 2.49. The number of nitrogens with one attached hydrogen (secondary N) is 2. The molecule has 2 rings (SSSR count). The van der Waals surface area contributed by atoms with Crippen LogP contribution >= 0.6 is 0 Å². The van der Waals surface area contributed by atoms with Crippen molar-refractivity contribution in [2.45, 2.75) is 66.0 Å². The van der Waals surface area contributed by atoms with Crippen molar-refractivity contribution in [3.05, 3.63) is 59.7 Å². The fourth-order valence-electron chi connectivity index (χ4n) is 3.72. The lowest BCUT2D eigenvalue weighted by molar-refractivity contribution is -0.198. The quantitative estimate of drug-likeness (QED) is 0.311. The molecule has 0 heterocycles. The summed E-state index contributed by atoms with van der Waals surface area (Å²) in [6.07, 6.45) is -7.70. The molecule has 0 saturated carbocycles. The van der Waals surface area contributed by atoms with Gasteiger partial charge in [0.15, 0.2) is 12.2 Å². The second-order valence-corrected chi connectivity index (χ2v) is 8.82. The number of hydrogen-bond acceptors (Lipinski definition) is 10. The molecule has 0 saturated heterocycles. The van der Waals surface area contributed by atoms with E-state index < -0.39 is 60.1 Å². The van der Waals surface area contributed by atoms with Gasteiger partial charge in [0, 0.05) is 39.1 Å². The number of aryl methyl sites for hydroxylation is 2. The maximum Gasteiger partial charge on any atom is 0.303 e. The van der Waals surface area contributed by atoms with Crippen molar-refractivity contribution in [2.75, 3.05) is 10.6 Å². The Balaban J connectivity index is 2.62. The largest absolute Gasteiger partial charge is 0.454 e. The SMILES string of the molecule is CC(=O)O[C@@H]([C@H](OC(C)=O)[C@H](OC(C)=O)C(=O)Nc1ccccc1C)[C@H](OC(C)=O)C(=O)Nc1ccccc1C. The Hall–Kier alpha value is -4.74. The van der Waals surface area contributed by atoms with Gasteiger partial charge in [-0.15, -0.1) is 0 Å². The van der Waals surface area contributed by atoms with E-state index in [0.29, 0.717) is 22.5 Å². The molecule has 12 heteroatoms. The topological polar surface area (TPSA) is 163 Å². The number of hydrogen-bond donors (Lipinski definition) is 2. The van der Waals surface area contributed by atoms with E-state index in [9.17, 15) is 28.8 Å². The lowest BCUT2D eigenvalue weighted by atomic mass is 9.99. The number of para-hydroxylation sites is 2. The van der Waals surface area contributed by atoms with Gasteiger partial charge in [0.25, 0.3) is 11.8 Å². The molecular weight excluding hydrogens is 524 g/mol. The molecule has 214 valence electrons. The number of carbonyl (C=O) groups excluding carboxylic acids is 6. The zero-order chi connectivity index (χ0) is 30.0. The number of ether oxygens (including phenoxy) is 4. The molecule has 0 fully saturated rings. The van der Waals surface area contributed by atoms with Crippen molar-refractivity contribution in [1.29, 1.82) is 0 Å². The van der Waals surface area contributed by atoms with Crippen LogP contribution in [0.1, 0.15) is 38.8 Å². The Morgan fingerprint density at radius 1 is 0.525 bits per heavy atom. The molecule has 0 unspecified atom stereocenters. The van der Waals surface area contributed by atoms with Crippen LogP contribution in [-0.2, 0) is 47.7 Å². The van der Waals surface area contributed by atoms with Gasteiger partial charge in [-0.05, 0) is 37.1 Å². The standard InChI is InChI=1S/C28H32N2O10/c1-15-11-7-9-13-21(15)29-27(35)25(39-19(5)33)23(37-17(3)31)24(38-18(4)32)26(40-20(6)34)28(36)30-22-14-10-8-12-16(22)2/h7-14,23-26H,1-6H3,(H,29,35)(H,30,36)/t23-,24-,25-,26-/m0/s1. The predicted molar refractivity (Wildman–Crippen MR) is 142 cm³/mol. The molecule has 2 aromatic rings. The molecule has 0 radical (unpaired) electrons. The van der Waals surface area contributed by atoms with Gasteiger partial charge in [-0.1, -0.05) is 36.4 Å². The van der Waals surface area contributed by atoms with Gasteiger partial charge >= 0.3 is 23.9 Å². The van der Waals surface area contributed by atoms with Crippen LogP contribution in [0.15, 0.2) is 48.5 Å². The molecule has 2 aromatic carbocycles. The van der Waals surface area contributed by atoms with Crippen molar-refractivity contribution < 1.29 is 47.7 Å². The van der Waals surface area contributed by atoms with Crippen LogP contribution in [0.2, 0.25) is 0 Å². The van der Waals surface area contributed by atoms with Crippen molar-refractivity contribution in [3.8, 4) is 0 Å². The fraction of sp³-hybridized carbons (Fsp3) is 0.357. The van der Waals surface area contributed by atoms with Crippen molar-refractivity contribution in [2.24, 2.45) is 0 Å². The third-order valence-corrected chi connectivity index (χ3v) is 5.43. The van der Waals surface area contributed by atoms with Gasteiger partial charge in [-0.3, -0.25) is 28.8 Å². The summed E-state index contributed by atoms with van der Waals surface area (Å²) in [6.45, 7) is 7.44. The molecule has 0 aliphatic rings. The van der Waals surface area contributed by atoms with E-state index in [-0.39, 0.29) is 0 Å². The van der Waals surface area contributed by atoms with E-state index in [2.05, 4.69) is 10.6 Å². The molecule has 0 spiro atoms. The zero-order valence-corrected chi connectivity index (χ0v) is 23.0. The Kier molecular flexibility index (Phi) is 11.4. The fourth-order valence-corrected chi connectivity index (χ4v) is 3.72. The van der Waals surface area contributed by atoms with Crippen molar-refractivity contribution in [1.82, 2.24) is 0 Å². The first-order valence-corrected chi connectivity index (χ1v) is 12.2. The molecule has 0 aliphatic carbocycles. The average molecular weight is 557 g/mol. The van der Waals surface area contributed by atoms with Gasteiger partial charge in [0.2, 0.25) is 12.2 Å². The van der Waals surface area contributed by atoms with E-state index in [1.807, 2.05) is 0 Å². The number of carbonyl (C=O) groups is 6. The first-order chi connectivity index (χ1) is 18.8. The van der Waals surface area contributed by atoms with Gasteiger partial charge in [-0.2, -0.15) is 0 Å². The lowest BCUT2D eigenvalue weighted by Crippen LogP contribution is -2.57. The number of amides is 2. The second-order valence-electron chi connectivity index (χ2n) is 8.82. The lowest BCUT2D eigenvalue weighted by Gasteiger charge is -2.34. The van der Waals surface area contributed by atoms with Crippen LogP contribution in [0.4, 0.5) is 11.4 Å². The van der Waals surface area contributed by atoms with Crippen LogP contribution in [0, 0.1) is 13.8 Å². The van der Waals surface area contributed by atoms with Gasteiger partial charge in [0.05, 0.1) is 0 Å². The molecule has 12 nitrogen and oxygen atoms in total. The number of rotatable bonds is 11. The Morgan fingerprint density at radius 2 is 0.825 bits per heavy atom. The summed E-state index contributed by atoms with van der Waals surface area (Å²) >= 11 is 0. The maximum absolute atomic E-state index is 13.4. The number of anilines is 2. The summed E-state index contributed by atoms with van der Waals surface area (Å²) in [4.78, 5) is 75.3. The summed E-state index contributed by atoms with van der Waals surface area (Å²) in [7, 11) is 0. The molecule has 0 bridgehead atoms. The van der Waals surface area contributed by atoms with E-state index in [0.717, 1.165) is 27.7 Å². The summed E-state index contributed by atoms with van der Waals surface area (Å²) < 4.78 is 21.1. The molecule has 2 N–H and O–H groups in total. The normalized spacial score (nSPS) is 13.4.